The van der Waals surface area contributed by atoms with Crippen molar-refractivity contribution in [2.24, 2.45) is 5.92 Å². The van der Waals surface area contributed by atoms with E-state index in [2.05, 4.69) is 13.8 Å². The van der Waals surface area contributed by atoms with Crippen LogP contribution in [-0.4, -0.2) is 11.7 Å². The Hall–Kier alpha value is -0.300. The molecular formula is C7H12O. The molecule has 1 heteroatoms. The van der Waals surface area contributed by atoms with Crippen molar-refractivity contribution in [3.8, 4) is 0 Å². The molecular weight excluding hydrogens is 100 g/mol. The highest BCUT2D eigenvalue weighted by molar-refractivity contribution is 5.38. The second-order valence-electron chi connectivity index (χ2n) is 2.30. The van der Waals surface area contributed by atoms with Gasteiger partial charge < -0.3 is 5.11 Å². The van der Waals surface area contributed by atoms with Gasteiger partial charge in [0.15, 0.2) is 0 Å². The molecule has 1 N–H and O–H groups in total. The summed E-state index contributed by atoms with van der Waals surface area (Å²) in [6, 6.07) is 0. The number of aliphatic hydroxyl groups is 1. The van der Waals surface area contributed by atoms with Gasteiger partial charge in [-0.05, 0) is 13.3 Å². The highest BCUT2D eigenvalue weighted by atomic mass is 16.3. The molecule has 0 heterocycles. The lowest BCUT2D eigenvalue weighted by Gasteiger charge is -1.87. The van der Waals surface area contributed by atoms with E-state index in [1.807, 2.05) is 0 Å². The molecule has 0 saturated carbocycles. The summed E-state index contributed by atoms with van der Waals surface area (Å²) in [6.07, 6.45) is 1.12. The highest BCUT2D eigenvalue weighted by Crippen LogP contribution is 2.40. The maximum absolute atomic E-state index is 8.64. The van der Waals surface area contributed by atoms with E-state index in [0.717, 1.165) is 6.42 Å². The zero-order chi connectivity index (χ0) is 6.15. The van der Waals surface area contributed by atoms with Gasteiger partial charge in [0.25, 0.3) is 0 Å². The van der Waals surface area contributed by atoms with Crippen LogP contribution in [0.15, 0.2) is 11.1 Å². The minimum absolute atomic E-state index is 0.328. The van der Waals surface area contributed by atoms with Crippen molar-refractivity contribution in [1.82, 2.24) is 0 Å². The Balaban J connectivity index is 2.36. The van der Waals surface area contributed by atoms with Gasteiger partial charge in [0, 0.05) is 5.92 Å². The molecule has 1 aliphatic carbocycles. The summed E-state index contributed by atoms with van der Waals surface area (Å²) in [5.41, 5.74) is 2.88. The third-order valence-corrected chi connectivity index (χ3v) is 1.93. The van der Waals surface area contributed by atoms with E-state index >= 15 is 0 Å². The fourth-order valence-electron chi connectivity index (χ4n) is 1.23. The Morgan fingerprint density at radius 3 is 2.38 bits per heavy atom. The topological polar surface area (TPSA) is 20.2 Å². The number of aliphatic hydroxyl groups excluding tert-OH is 1. The van der Waals surface area contributed by atoms with Crippen LogP contribution >= 0.6 is 0 Å². The summed E-state index contributed by atoms with van der Waals surface area (Å²) in [5, 5.41) is 8.64. The predicted octanol–water partition coefficient (Wildman–Crippen LogP) is 1.33. The Labute approximate surface area is 50.0 Å². The van der Waals surface area contributed by atoms with Gasteiger partial charge in [0.1, 0.15) is 0 Å². The van der Waals surface area contributed by atoms with Gasteiger partial charge in [0.05, 0.1) is 6.61 Å². The fourth-order valence-corrected chi connectivity index (χ4v) is 1.23. The molecule has 1 unspecified atom stereocenters. The first-order valence-corrected chi connectivity index (χ1v) is 3.11. The molecule has 0 aromatic carbocycles. The minimum atomic E-state index is 0.328. The summed E-state index contributed by atoms with van der Waals surface area (Å²) >= 11 is 0. The van der Waals surface area contributed by atoms with Crippen molar-refractivity contribution in [3.05, 3.63) is 11.1 Å². The SMILES string of the molecule is CCC1=C(C)C1CO. The van der Waals surface area contributed by atoms with Gasteiger partial charge in [-0.25, -0.2) is 0 Å². The van der Waals surface area contributed by atoms with E-state index in [1.165, 1.54) is 11.1 Å². The van der Waals surface area contributed by atoms with Crippen LogP contribution in [0.4, 0.5) is 0 Å². The first kappa shape index (κ1) is 5.83. The van der Waals surface area contributed by atoms with Crippen molar-refractivity contribution in [2.75, 3.05) is 6.61 Å². The lowest BCUT2D eigenvalue weighted by Crippen LogP contribution is -1.88. The van der Waals surface area contributed by atoms with Gasteiger partial charge in [-0.1, -0.05) is 18.1 Å². The third kappa shape index (κ3) is 0.671. The first-order valence-electron chi connectivity index (χ1n) is 3.11. The lowest BCUT2D eigenvalue weighted by atomic mass is 10.2. The molecule has 0 spiro atoms. The van der Waals surface area contributed by atoms with E-state index in [-0.39, 0.29) is 0 Å². The summed E-state index contributed by atoms with van der Waals surface area (Å²) in [5.74, 6) is 0.472. The molecule has 1 rings (SSSR count). The van der Waals surface area contributed by atoms with Crippen molar-refractivity contribution in [1.29, 1.82) is 0 Å². The van der Waals surface area contributed by atoms with Crippen LogP contribution in [0.3, 0.4) is 0 Å². The van der Waals surface area contributed by atoms with E-state index in [4.69, 9.17) is 5.11 Å². The van der Waals surface area contributed by atoms with Crippen LogP contribution in [0.1, 0.15) is 20.3 Å². The number of hydrogen-bond acceptors (Lipinski definition) is 1. The Morgan fingerprint density at radius 2 is 2.25 bits per heavy atom. The molecule has 0 saturated heterocycles. The monoisotopic (exact) mass is 112 g/mol. The molecule has 0 fully saturated rings. The Bertz CT molecular complexity index is 124. The van der Waals surface area contributed by atoms with Crippen molar-refractivity contribution < 1.29 is 5.11 Å². The van der Waals surface area contributed by atoms with Gasteiger partial charge in [0.2, 0.25) is 0 Å². The minimum Gasteiger partial charge on any atom is -0.395 e. The van der Waals surface area contributed by atoms with E-state index in [9.17, 15) is 0 Å². The number of rotatable bonds is 2. The average Bonchev–Trinajstić information content (AvgIpc) is 2.40. The first-order chi connectivity index (χ1) is 3.81. The predicted molar refractivity (Wildman–Crippen MR) is 33.6 cm³/mol. The molecule has 0 amide bonds. The maximum Gasteiger partial charge on any atom is 0.0533 e. The van der Waals surface area contributed by atoms with Crippen LogP contribution in [-0.2, 0) is 0 Å². The van der Waals surface area contributed by atoms with Crippen molar-refractivity contribution >= 4 is 0 Å². The second-order valence-corrected chi connectivity index (χ2v) is 2.30. The zero-order valence-corrected chi connectivity index (χ0v) is 5.44. The lowest BCUT2D eigenvalue weighted by molar-refractivity contribution is 0.280. The highest BCUT2D eigenvalue weighted by Gasteiger charge is 2.29. The molecule has 8 heavy (non-hydrogen) atoms. The number of hydrogen-bond donors (Lipinski definition) is 1. The smallest absolute Gasteiger partial charge is 0.0533 e. The van der Waals surface area contributed by atoms with Gasteiger partial charge in [-0.15, -0.1) is 0 Å². The van der Waals surface area contributed by atoms with Crippen LogP contribution in [0.2, 0.25) is 0 Å². The van der Waals surface area contributed by atoms with Crippen LogP contribution in [0.5, 0.6) is 0 Å². The van der Waals surface area contributed by atoms with Crippen molar-refractivity contribution in [3.63, 3.8) is 0 Å². The molecule has 0 aliphatic heterocycles. The molecule has 0 bridgehead atoms. The summed E-state index contributed by atoms with van der Waals surface area (Å²) in [4.78, 5) is 0. The summed E-state index contributed by atoms with van der Waals surface area (Å²) < 4.78 is 0. The molecule has 0 aromatic rings. The molecule has 1 atom stereocenters. The van der Waals surface area contributed by atoms with E-state index in [0.29, 0.717) is 12.5 Å². The Morgan fingerprint density at radius 1 is 1.62 bits per heavy atom. The molecule has 0 aromatic heterocycles. The molecule has 0 radical (unpaired) electrons. The summed E-state index contributed by atoms with van der Waals surface area (Å²) in [7, 11) is 0. The molecule has 1 nitrogen and oxygen atoms in total. The van der Waals surface area contributed by atoms with Gasteiger partial charge >= 0.3 is 0 Å². The average molecular weight is 112 g/mol. The van der Waals surface area contributed by atoms with Crippen molar-refractivity contribution in [2.45, 2.75) is 20.3 Å². The standard InChI is InChI=1S/C7H12O/c1-3-6-5(2)7(6)4-8/h7-8H,3-4H2,1-2H3. The molecule has 1 aliphatic rings. The fraction of sp³-hybridized carbons (Fsp3) is 0.714. The van der Waals surface area contributed by atoms with Crippen LogP contribution in [0.25, 0.3) is 0 Å². The van der Waals surface area contributed by atoms with Gasteiger partial charge in [-0.2, -0.15) is 0 Å². The summed E-state index contributed by atoms with van der Waals surface area (Å²) in [6.45, 7) is 4.56. The largest absolute Gasteiger partial charge is 0.395 e. The zero-order valence-electron chi connectivity index (χ0n) is 5.44. The van der Waals surface area contributed by atoms with Gasteiger partial charge in [-0.3, -0.25) is 0 Å². The normalized spacial score (nSPS) is 26.6. The maximum atomic E-state index is 8.64. The third-order valence-electron chi connectivity index (χ3n) is 1.93. The van der Waals surface area contributed by atoms with E-state index < -0.39 is 0 Å². The Kier molecular flexibility index (Phi) is 1.39. The van der Waals surface area contributed by atoms with Crippen LogP contribution < -0.4 is 0 Å². The van der Waals surface area contributed by atoms with Crippen LogP contribution in [0, 0.1) is 5.92 Å². The molecule has 46 valence electrons. The quantitative estimate of drug-likeness (QED) is 0.534. The second kappa shape index (κ2) is 1.90. The van der Waals surface area contributed by atoms with E-state index in [1.54, 1.807) is 0 Å².